The predicted molar refractivity (Wildman–Crippen MR) is 94.7 cm³/mol. The second-order valence-electron chi connectivity index (χ2n) is 6.03. The molecule has 0 bridgehead atoms. The van der Waals surface area contributed by atoms with Crippen LogP contribution < -0.4 is 11.0 Å². The summed E-state index contributed by atoms with van der Waals surface area (Å²) in [4.78, 5) is 26.5. The van der Waals surface area contributed by atoms with E-state index in [9.17, 15) is 9.59 Å². The molecule has 1 atom stereocenters. The zero-order valence-electron chi connectivity index (χ0n) is 14.3. The van der Waals surface area contributed by atoms with Gasteiger partial charge in [-0.2, -0.15) is 0 Å². The molecular weight excluding hydrogens is 318 g/mol. The summed E-state index contributed by atoms with van der Waals surface area (Å²) in [6, 6.07) is 11.2. The van der Waals surface area contributed by atoms with E-state index in [4.69, 9.17) is 4.42 Å². The second kappa shape index (κ2) is 7.25. The molecule has 25 heavy (non-hydrogen) atoms. The number of carbonyl (C=O) groups is 1. The van der Waals surface area contributed by atoms with Crippen molar-refractivity contribution >= 4 is 5.91 Å². The minimum absolute atomic E-state index is 0.0225. The monoisotopic (exact) mass is 339 g/mol. The fourth-order valence-electron chi connectivity index (χ4n) is 2.78. The summed E-state index contributed by atoms with van der Waals surface area (Å²) in [5, 5.41) is 2.98. The summed E-state index contributed by atoms with van der Waals surface area (Å²) in [5.41, 5.74) is 2.46. The van der Waals surface area contributed by atoms with E-state index in [0.717, 1.165) is 22.7 Å². The van der Waals surface area contributed by atoms with Crippen molar-refractivity contribution in [3.63, 3.8) is 0 Å². The fourth-order valence-corrected chi connectivity index (χ4v) is 2.78. The zero-order valence-corrected chi connectivity index (χ0v) is 14.3. The Bertz CT molecular complexity index is 889. The minimum atomic E-state index is -0.162. The third kappa shape index (κ3) is 3.91. The smallest absolute Gasteiger partial charge is 0.330 e. The number of rotatable bonds is 6. The van der Waals surface area contributed by atoms with Crippen LogP contribution in [0.25, 0.3) is 5.69 Å². The van der Waals surface area contributed by atoms with Gasteiger partial charge in [0.25, 0.3) is 0 Å². The van der Waals surface area contributed by atoms with Crippen LogP contribution in [0.4, 0.5) is 0 Å². The summed E-state index contributed by atoms with van der Waals surface area (Å²) in [7, 11) is 0. The Morgan fingerprint density at radius 3 is 2.64 bits per heavy atom. The van der Waals surface area contributed by atoms with Crippen LogP contribution in [-0.2, 0) is 11.2 Å². The molecule has 1 amide bonds. The second-order valence-corrected chi connectivity index (χ2v) is 6.03. The molecule has 0 unspecified atom stereocenters. The Morgan fingerprint density at radius 1 is 1.28 bits per heavy atom. The highest BCUT2D eigenvalue weighted by molar-refractivity contribution is 5.76. The van der Waals surface area contributed by atoms with Crippen molar-refractivity contribution in [2.24, 2.45) is 0 Å². The van der Waals surface area contributed by atoms with Crippen LogP contribution in [0.2, 0.25) is 0 Å². The van der Waals surface area contributed by atoms with Gasteiger partial charge in [-0.1, -0.05) is 12.1 Å². The van der Waals surface area contributed by atoms with Crippen molar-refractivity contribution < 1.29 is 9.21 Å². The van der Waals surface area contributed by atoms with Gasteiger partial charge < -0.3 is 14.7 Å². The molecule has 0 radical (unpaired) electrons. The molecule has 0 saturated heterocycles. The van der Waals surface area contributed by atoms with Gasteiger partial charge >= 0.3 is 5.69 Å². The van der Waals surface area contributed by atoms with E-state index in [-0.39, 0.29) is 17.6 Å². The molecule has 1 aromatic carbocycles. The van der Waals surface area contributed by atoms with Crippen molar-refractivity contribution in [1.29, 1.82) is 0 Å². The van der Waals surface area contributed by atoms with Crippen LogP contribution in [0.15, 0.2) is 58.1 Å². The number of hydrogen-bond acceptors (Lipinski definition) is 3. The molecule has 3 rings (SSSR count). The number of imidazole rings is 1. The Balaban J connectivity index is 1.61. The highest BCUT2D eigenvalue weighted by atomic mass is 16.3. The van der Waals surface area contributed by atoms with Crippen LogP contribution in [0.1, 0.15) is 36.4 Å². The Morgan fingerprint density at radius 2 is 2.04 bits per heavy atom. The number of nitrogens with zero attached hydrogens (tertiary/aromatic N) is 1. The predicted octanol–water partition coefficient (Wildman–Crippen LogP) is 2.88. The average molecular weight is 339 g/mol. The van der Waals surface area contributed by atoms with Crippen LogP contribution in [0.5, 0.6) is 0 Å². The van der Waals surface area contributed by atoms with Gasteiger partial charge in [0.15, 0.2) is 0 Å². The summed E-state index contributed by atoms with van der Waals surface area (Å²) in [6.07, 6.45) is 4.25. The number of benzene rings is 1. The van der Waals surface area contributed by atoms with Crippen molar-refractivity contribution in [3.8, 4) is 5.69 Å². The first-order chi connectivity index (χ1) is 12.0. The third-order valence-corrected chi connectivity index (χ3v) is 4.17. The van der Waals surface area contributed by atoms with Crippen molar-refractivity contribution in [3.05, 3.63) is 76.4 Å². The quantitative estimate of drug-likeness (QED) is 0.725. The van der Waals surface area contributed by atoms with E-state index in [0.29, 0.717) is 12.8 Å². The Kier molecular flexibility index (Phi) is 4.88. The number of H-pyrrole nitrogens is 1. The maximum absolute atomic E-state index is 12.1. The topological polar surface area (TPSA) is 80.0 Å². The van der Waals surface area contributed by atoms with E-state index >= 15 is 0 Å². The molecule has 0 aliphatic rings. The molecule has 0 aliphatic carbocycles. The normalized spacial score (nSPS) is 12.1. The van der Waals surface area contributed by atoms with E-state index in [1.807, 2.05) is 50.2 Å². The number of amides is 1. The first kappa shape index (κ1) is 16.8. The number of carbonyl (C=O) groups excluding carboxylic acids is 1. The summed E-state index contributed by atoms with van der Waals surface area (Å²) in [6.45, 7) is 3.81. The number of aryl methyl sites for hydroxylation is 2. The molecule has 0 spiro atoms. The van der Waals surface area contributed by atoms with Gasteiger partial charge in [0.2, 0.25) is 5.91 Å². The molecule has 3 aromatic rings. The van der Waals surface area contributed by atoms with E-state index < -0.39 is 0 Å². The molecule has 2 N–H and O–H groups in total. The van der Waals surface area contributed by atoms with E-state index in [2.05, 4.69) is 10.3 Å². The lowest BCUT2D eigenvalue weighted by Gasteiger charge is -2.15. The zero-order chi connectivity index (χ0) is 17.8. The van der Waals surface area contributed by atoms with E-state index in [1.165, 1.54) is 0 Å². The largest absolute Gasteiger partial charge is 0.469 e. The minimum Gasteiger partial charge on any atom is -0.469 e. The molecule has 6 heteroatoms. The van der Waals surface area contributed by atoms with Crippen LogP contribution >= 0.6 is 0 Å². The van der Waals surface area contributed by atoms with E-state index in [1.54, 1.807) is 17.0 Å². The lowest BCUT2D eigenvalue weighted by atomic mass is 10.1. The highest BCUT2D eigenvalue weighted by Crippen LogP contribution is 2.16. The van der Waals surface area contributed by atoms with Gasteiger partial charge in [-0.05, 0) is 43.7 Å². The van der Waals surface area contributed by atoms with Gasteiger partial charge in [-0.3, -0.25) is 9.36 Å². The maximum Gasteiger partial charge on any atom is 0.330 e. The fraction of sp³-hybridized carbons (Fsp3) is 0.263. The first-order valence-electron chi connectivity index (χ1n) is 8.23. The van der Waals surface area contributed by atoms with Gasteiger partial charge in [-0.25, -0.2) is 4.79 Å². The third-order valence-electron chi connectivity index (χ3n) is 4.17. The van der Waals surface area contributed by atoms with Gasteiger partial charge in [0.1, 0.15) is 5.76 Å². The number of aromatic amines is 1. The van der Waals surface area contributed by atoms with Crippen molar-refractivity contribution in [1.82, 2.24) is 14.9 Å². The van der Waals surface area contributed by atoms with Crippen molar-refractivity contribution in [2.45, 2.75) is 32.7 Å². The Labute approximate surface area is 145 Å². The van der Waals surface area contributed by atoms with Crippen LogP contribution in [0.3, 0.4) is 0 Å². The van der Waals surface area contributed by atoms with Gasteiger partial charge in [-0.15, -0.1) is 0 Å². The average Bonchev–Trinajstić information content (AvgIpc) is 3.23. The van der Waals surface area contributed by atoms with Crippen LogP contribution in [-0.4, -0.2) is 15.5 Å². The first-order valence-corrected chi connectivity index (χ1v) is 8.23. The molecular formula is C19H21N3O3. The SMILES string of the molecule is Cc1c[nH]c(=O)n1-c1ccc([C@@H](C)NC(=O)CCc2ccco2)cc1. The molecule has 0 aliphatic heterocycles. The number of nitrogens with one attached hydrogen (secondary N) is 2. The van der Waals surface area contributed by atoms with Crippen molar-refractivity contribution in [2.75, 3.05) is 0 Å². The van der Waals surface area contributed by atoms with Gasteiger partial charge in [0.05, 0.1) is 18.0 Å². The molecule has 2 heterocycles. The lowest BCUT2D eigenvalue weighted by molar-refractivity contribution is -0.121. The number of aromatic nitrogens is 2. The standard InChI is InChI=1S/C19H21N3O3/c1-13-12-20-19(24)22(13)16-7-5-15(6-8-16)14(2)21-18(23)10-9-17-4-3-11-25-17/h3-8,11-12,14H,9-10H2,1-2H3,(H,20,24)(H,21,23)/t14-/m1/s1. The molecule has 0 fully saturated rings. The molecule has 130 valence electrons. The highest BCUT2D eigenvalue weighted by Gasteiger charge is 2.11. The van der Waals surface area contributed by atoms with Gasteiger partial charge in [0, 0.05) is 24.7 Å². The number of hydrogen-bond donors (Lipinski definition) is 2. The summed E-state index contributed by atoms with van der Waals surface area (Å²) < 4.78 is 6.84. The maximum atomic E-state index is 12.1. The summed E-state index contributed by atoms with van der Waals surface area (Å²) in [5.74, 6) is 0.783. The lowest BCUT2D eigenvalue weighted by Crippen LogP contribution is -2.26. The van der Waals surface area contributed by atoms with Crippen LogP contribution in [0, 0.1) is 6.92 Å². The summed E-state index contributed by atoms with van der Waals surface area (Å²) >= 11 is 0. The number of furan rings is 1. The molecule has 6 nitrogen and oxygen atoms in total. The molecule has 2 aromatic heterocycles. The Hall–Kier alpha value is -3.02. The molecule has 0 saturated carbocycles.